The molecule has 162 valence electrons. The van der Waals surface area contributed by atoms with E-state index in [0.29, 0.717) is 36.0 Å². The van der Waals surface area contributed by atoms with E-state index in [4.69, 9.17) is 14.2 Å². The molecule has 31 heavy (non-hydrogen) atoms. The Morgan fingerprint density at radius 3 is 2.55 bits per heavy atom. The predicted octanol–water partition coefficient (Wildman–Crippen LogP) is 3.40. The van der Waals surface area contributed by atoms with E-state index >= 15 is 0 Å². The highest BCUT2D eigenvalue weighted by Gasteiger charge is 2.36. The number of hydrogen-bond donors (Lipinski definition) is 1. The number of carbonyl (C=O) groups excluding carboxylic acids is 3. The Kier molecular flexibility index (Phi) is 7.69. The van der Waals surface area contributed by atoms with Gasteiger partial charge in [0.25, 0.3) is 11.1 Å². The molecule has 0 saturated carbocycles. The number of nitrogens with zero attached hydrogens (tertiary/aromatic N) is 1. The molecule has 0 atom stereocenters. The molecule has 3 rings (SSSR count). The number of para-hydroxylation sites is 1. The molecule has 1 aliphatic rings. The second kappa shape index (κ2) is 10.6. The Bertz CT molecular complexity index is 993. The number of nitrogens with one attached hydrogen (secondary N) is 1. The summed E-state index contributed by atoms with van der Waals surface area (Å²) >= 11 is 0.789. The predicted molar refractivity (Wildman–Crippen MR) is 118 cm³/mol. The maximum atomic E-state index is 12.7. The van der Waals surface area contributed by atoms with Gasteiger partial charge in [-0.05, 0) is 47.7 Å². The molecule has 1 fully saturated rings. The van der Waals surface area contributed by atoms with Crippen LogP contribution in [-0.2, 0) is 14.3 Å². The lowest BCUT2D eigenvalue weighted by Gasteiger charge is -2.12. The third-order valence-electron chi connectivity index (χ3n) is 4.26. The first-order valence-electron chi connectivity index (χ1n) is 9.42. The van der Waals surface area contributed by atoms with Crippen LogP contribution in [0.25, 0.3) is 6.08 Å². The Morgan fingerprint density at radius 1 is 1.06 bits per heavy atom. The van der Waals surface area contributed by atoms with Crippen molar-refractivity contribution in [3.8, 4) is 11.5 Å². The van der Waals surface area contributed by atoms with Crippen LogP contribution in [0, 0.1) is 0 Å². The van der Waals surface area contributed by atoms with E-state index in [1.165, 1.54) is 7.11 Å². The van der Waals surface area contributed by atoms with Crippen molar-refractivity contribution in [2.75, 3.05) is 39.3 Å². The average molecular weight is 442 g/mol. The summed E-state index contributed by atoms with van der Waals surface area (Å²) in [5, 5.41) is 2.17. The van der Waals surface area contributed by atoms with E-state index in [2.05, 4.69) is 5.32 Å². The van der Waals surface area contributed by atoms with Gasteiger partial charge in [-0.1, -0.05) is 24.3 Å². The van der Waals surface area contributed by atoms with Gasteiger partial charge in [0, 0.05) is 12.8 Å². The zero-order valence-corrected chi connectivity index (χ0v) is 17.9. The maximum Gasteiger partial charge on any atom is 0.294 e. The third kappa shape index (κ3) is 5.87. The number of hydrogen-bond acceptors (Lipinski definition) is 7. The maximum absolute atomic E-state index is 12.7. The highest BCUT2D eigenvalue weighted by atomic mass is 32.2. The summed E-state index contributed by atoms with van der Waals surface area (Å²) < 4.78 is 15.9. The fourth-order valence-corrected chi connectivity index (χ4v) is 3.62. The Hall–Kier alpha value is -3.30. The molecule has 0 aliphatic carbocycles. The van der Waals surface area contributed by atoms with Crippen molar-refractivity contribution < 1.29 is 28.6 Å². The summed E-state index contributed by atoms with van der Waals surface area (Å²) in [6.45, 7) is 0.457. The van der Waals surface area contributed by atoms with E-state index in [9.17, 15) is 14.4 Å². The van der Waals surface area contributed by atoms with Gasteiger partial charge in [0.05, 0.1) is 18.6 Å². The van der Waals surface area contributed by atoms with Gasteiger partial charge in [0.2, 0.25) is 5.91 Å². The zero-order chi connectivity index (χ0) is 22.2. The van der Waals surface area contributed by atoms with Crippen molar-refractivity contribution >= 4 is 40.6 Å². The quantitative estimate of drug-likeness (QED) is 0.470. The number of amides is 3. The number of rotatable bonds is 9. The number of thioether (sulfide) groups is 1. The van der Waals surface area contributed by atoms with E-state index in [0.717, 1.165) is 16.7 Å². The SMILES string of the molecule is COCCOc1ccc(/C=C2\SC(=O)N(CC(=O)Nc3ccccc3)C2=O)cc1OC. The van der Waals surface area contributed by atoms with Crippen molar-refractivity contribution in [2.45, 2.75) is 0 Å². The number of methoxy groups -OCH3 is 2. The lowest BCUT2D eigenvalue weighted by molar-refractivity contribution is -0.127. The minimum atomic E-state index is -0.516. The number of ether oxygens (including phenoxy) is 3. The van der Waals surface area contributed by atoms with E-state index in [-0.39, 0.29) is 11.4 Å². The molecule has 9 heteroatoms. The van der Waals surface area contributed by atoms with Crippen LogP contribution in [0.2, 0.25) is 0 Å². The smallest absolute Gasteiger partial charge is 0.294 e. The van der Waals surface area contributed by atoms with Crippen LogP contribution in [0.15, 0.2) is 53.4 Å². The molecule has 0 spiro atoms. The highest BCUT2D eigenvalue weighted by molar-refractivity contribution is 8.18. The van der Waals surface area contributed by atoms with Crippen molar-refractivity contribution in [1.29, 1.82) is 0 Å². The second-order valence-electron chi connectivity index (χ2n) is 6.43. The summed E-state index contributed by atoms with van der Waals surface area (Å²) in [5.41, 5.74) is 1.25. The fraction of sp³-hybridized carbons (Fsp3) is 0.227. The summed E-state index contributed by atoms with van der Waals surface area (Å²) in [5.74, 6) is 0.0697. The Labute approximate surface area is 184 Å². The van der Waals surface area contributed by atoms with Crippen LogP contribution in [0.5, 0.6) is 11.5 Å². The van der Waals surface area contributed by atoms with Crippen LogP contribution in [0.4, 0.5) is 10.5 Å². The largest absolute Gasteiger partial charge is 0.493 e. The first-order chi connectivity index (χ1) is 15.0. The molecular weight excluding hydrogens is 420 g/mol. The van der Waals surface area contributed by atoms with Gasteiger partial charge in [0.15, 0.2) is 11.5 Å². The summed E-state index contributed by atoms with van der Waals surface area (Å²) in [6, 6.07) is 14.0. The normalized spacial score (nSPS) is 14.8. The van der Waals surface area contributed by atoms with Gasteiger partial charge in [-0.3, -0.25) is 19.3 Å². The molecule has 2 aromatic carbocycles. The van der Waals surface area contributed by atoms with E-state index < -0.39 is 17.1 Å². The molecule has 1 saturated heterocycles. The van der Waals surface area contributed by atoms with Crippen molar-refractivity contribution in [3.63, 3.8) is 0 Å². The van der Waals surface area contributed by atoms with Crippen LogP contribution >= 0.6 is 11.8 Å². The highest BCUT2D eigenvalue weighted by Crippen LogP contribution is 2.34. The van der Waals surface area contributed by atoms with Crippen molar-refractivity contribution in [2.24, 2.45) is 0 Å². The molecule has 0 aromatic heterocycles. The molecule has 8 nitrogen and oxygen atoms in total. The molecule has 1 aliphatic heterocycles. The second-order valence-corrected chi connectivity index (χ2v) is 7.43. The van der Waals surface area contributed by atoms with Gasteiger partial charge >= 0.3 is 0 Å². The summed E-state index contributed by atoms with van der Waals surface area (Å²) in [4.78, 5) is 38.3. The van der Waals surface area contributed by atoms with E-state index in [1.807, 2.05) is 6.07 Å². The van der Waals surface area contributed by atoms with Gasteiger partial charge < -0.3 is 19.5 Å². The monoisotopic (exact) mass is 442 g/mol. The number of anilines is 1. The number of imide groups is 1. The molecule has 2 aromatic rings. The number of benzene rings is 2. The van der Waals surface area contributed by atoms with Crippen LogP contribution in [0.3, 0.4) is 0 Å². The van der Waals surface area contributed by atoms with Crippen LogP contribution < -0.4 is 14.8 Å². The minimum absolute atomic E-state index is 0.229. The Balaban J connectivity index is 1.68. The molecule has 1 N–H and O–H groups in total. The molecule has 3 amide bonds. The first kappa shape index (κ1) is 22.4. The van der Waals surface area contributed by atoms with Gasteiger partial charge in [-0.25, -0.2) is 0 Å². The Morgan fingerprint density at radius 2 is 1.84 bits per heavy atom. The van der Waals surface area contributed by atoms with Gasteiger partial charge in [-0.2, -0.15) is 0 Å². The standard InChI is InChI=1S/C22H22N2O6S/c1-28-10-11-30-17-9-8-15(12-18(17)29-2)13-19-21(26)24(22(27)31-19)14-20(25)23-16-6-4-3-5-7-16/h3-9,12-13H,10-11,14H2,1-2H3,(H,23,25)/b19-13-. The van der Waals surface area contributed by atoms with Crippen molar-refractivity contribution in [1.82, 2.24) is 4.90 Å². The molecule has 1 heterocycles. The molecule has 0 unspecified atom stereocenters. The average Bonchev–Trinajstić information content (AvgIpc) is 3.02. The zero-order valence-electron chi connectivity index (χ0n) is 17.1. The van der Waals surface area contributed by atoms with Crippen molar-refractivity contribution in [3.05, 3.63) is 59.0 Å². The molecule has 0 radical (unpaired) electrons. The molecular formula is C22H22N2O6S. The van der Waals surface area contributed by atoms with Crippen LogP contribution in [0.1, 0.15) is 5.56 Å². The molecule has 0 bridgehead atoms. The van der Waals surface area contributed by atoms with Gasteiger partial charge in [-0.15, -0.1) is 0 Å². The third-order valence-corrected chi connectivity index (χ3v) is 5.17. The summed E-state index contributed by atoms with van der Waals surface area (Å²) in [7, 11) is 3.10. The van der Waals surface area contributed by atoms with Gasteiger partial charge in [0.1, 0.15) is 13.2 Å². The minimum Gasteiger partial charge on any atom is -0.493 e. The summed E-state index contributed by atoms with van der Waals surface area (Å²) in [6.07, 6.45) is 1.58. The number of carbonyl (C=O) groups is 3. The topological polar surface area (TPSA) is 94.2 Å². The van der Waals surface area contributed by atoms with Crippen LogP contribution in [-0.4, -0.2) is 55.9 Å². The fourth-order valence-electron chi connectivity index (χ4n) is 2.78. The first-order valence-corrected chi connectivity index (χ1v) is 10.2. The lowest BCUT2D eigenvalue weighted by Crippen LogP contribution is -2.36. The van der Waals surface area contributed by atoms with E-state index in [1.54, 1.807) is 55.7 Å². The lowest BCUT2D eigenvalue weighted by atomic mass is 10.2.